The molecule has 0 fully saturated rings. The van der Waals surface area contributed by atoms with Crippen molar-refractivity contribution in [1.82, 2.24) is 9.97 Å². The molecule has 0 saturated carbocycles. The lowest BCUT2D eigenvalue weighted by Gasteiger charge is -2.08. The van der Waals surface area contributed by atoms with E-state index in [4.69, 9.17) is 16.3 Å². The van der Waals surface area contributed by atoms with E-state index in [-0.39, 0.29) is 5.28 Å². The molecule has 0 unspecified atom stereocenters. The number of aryl methyl sites for hydroxylation is 1. The summed E-state index contributed by atoms with van der Waals surface area (Å²) in [7, 11) is 0. The number of halogens is 3. The third kappa shape index (κ3) is 3.18. The first-order valence-electron chi connectivity index (χ1n) is 4.68. The van der Waals surface area contributed by atoms with Crippen molar-refractivity contribution in [2.75, 3.05) is 0 Å². The van der Waals surface area contributed by atoms with Gasteiger partial charge < -0.3 is 4.74 Å². The molecule has 6 heteroatoms. The molecule has 0 N–H and O–H groups in total. The molecule has 0 aliphatic heterocycles. The molecule has 1 aromatic carbocycles. The third-order valence-corrected chi connectivity index (χ3v) is 3.32. The first-order chi connectivity index (χ1) is 8.06. The van der Waals surface area contributed by atoms with Crippen molar-refractivity contribution in [3.05, 3.63) is 44.2 Å². The Morgan fingerprint density at radius 2 is 2.00 bits per heavy atom. The number of ether oxygens (including phenoxy) is 1. The molecule has 0 bridgehead atoms. The SMILES string of the molecule is Cc1ccc(Oc2nc(Cl)ncc2Br)c(Br)c1. The highest BCUT2D eigenvalue weighted by atomic mass is 79.9. The molecule has 0 atom stereocenters. The van der Waals surface area contributed by atoms with Gasteiger partial charge >= 0.3 is 0 Å². The van der Waals surface area contributed by atoms with Crippen molar-refractivity contribution in [2.24, 2.45) is 0 Å². The smallest absolute Gasteiger partial charge is 0.238 e. The molecule has 0 aliphatic carbocycles. The largest absolute Gasteiger partial charge is 0.437 e. The lowest BCUT2D eigenvalue weighted by atomic mass is 10.2. The lowest BCUT2D eigenvalue weighted by molar-refractivity contribution is 0.455. The molecule has 0 radical (unpaired) electrons. The molecule has 0 saturated heterocycles. The van der Waals surface area contributed by atoms with E-state index in [2.05, 4.69) is 41.8 Å². The van der Waals surface area contributed by atoms with E-state index in [1.165, 1.54) is 0 Å². The van der Waals surface area contributed by atoms with Crippen molar-refractivity contribution in [2.45, 2.75) is 6.92 Å². The van der Waals surface area contributed by atoms with Crippen LogP contribution in [0.4, 0.5) is 0 Å². The summed E-state index contributed by atoms with van der Waals surface area (Å²) in [6, 6.07) is 5.78. The maximum atomic E-state index is 5.71. The minimum Gasteiger partial charge on any atom is -0.437 e. The van der Waals surface area contributed by atoms with Crippen LogP contribution in [0.2, 0.25) is 5.28 Å². The lowest BCUT2D eigenvalue weighted by Crippen LogP contribution is -1.92. The number of hydrogen-bond donors (Lipinski definition) is 0. The second-order valence-electron chi connectivity index (χ2n) is 3.33. The second-order valence-corrected chi connectivity index (χ2v) is 5.37. The molecule has 0 spiro atoms. The molecule has 1 heterocycles. The summed E-state index contributed by atoms with van der Waals surface area (Å²) in [6.07, 6.45) is 1.55. The molecular formula is C11H7Br2ClN2O. The molecule has 2 aromatic rings. The standard InChI is InChI=1S/C11H7Br2ClN2O/c1-6-2-3-9(7(12)4-6)17-10-8(13)5-15-11(14)16-10/h2-5H,1H3. The quantitative estimate of drug-likeness (QED) is 0.707. The Kier molecular flexibility index (Phi) is 4.01. The Morgan fingerprint density at radius 3 is 2.71 bits per heavy atom. The Bertz CT molecular complexity index is 563. The molecule has 88 valence electrons. The fourth-order valence-corrected chi connectivity index (χ4v) is 2.17. The minimum absolute atomic E-state index is 0.145. The van der Waals surface area contributed by atoms with Gasteiger partial charge in [0.05, 0.1) is 8.95 Å². The van der Waals surface area contributed by atoms with Crippen LogP contribution in [0.25, 0.3) is 0 Å². The van der Waals surface area contributed by atoms with Gasteiger partial charge in [-0.25, -0.2) is 4.98 Å². The summed E-state index contributed by atoms with van der Waals surface area (Å²) < 4.78 is 7.15. The normalized spacial score (nSPS) is 10.4. The fraction of sp³-hybridized carbons (Fsp3) is 0.0909. The van der Waals surface area contributed by atoms with Gasteiger partial charge in [-0.15, -0.1) is 0 Å². The highest BCUT2D eigenvalue weighted by Gasteiger charge is 2.09. The summed E-state index contributed by atoms with van der Waals surface area (Å²) in [5, 5.41) is 0.145. The number of nitrogens with zero attached hydrogens (tertiary/aromatic N) is 2. The van der Waals surface area contributed by atoms with E-state index < -0.39 is 0 Å². The molecule has 17 heavy (non-hydrogen) atoms. The average molecular weight is 378 g/mol. The highest BCUT2D eigenvalue weighted by molar-refractivity contribution is 9.11. The minimum atomic E-state index is 0.145. The van der Waals surface area contributed by atoms with Crippen molar-refractivity contribution in [3.8, 4) is 11.6 Å². The van der Waals surface area contributed by atoms with Gasteiger partial charge in [-0.3, -0.25) is 0 Å². The van der Waals surface area contributed by atoms with Gasteiger partial charge in [-0.2, -0.15) is 4.98 Å². The predicted molar refractivity (Wildman–Crippen MR) is 73.7 cm³/mol. The summed E-state index contributed by atoms with van der Waals surface area (Å²) >= 11 is 12.4. The second kappa shape index (κ2) is 5.33. The van der Waals surface area contributed by atoms with Crippen LogP contribution in [0.3, 0.4) is 0 Å². The summed E-state index contributed by atoms with van der Waals surface area (Å²) in [4.78, 5) is 7.83. The topological polar surface area (TPSA) is 35.0 Å². The Morgan fingerprint density at radius 1 is 1.24 bits per heavy atom. The highest BCUT2D eigenvalue weighted by Crippen LogP contribution is 2.33. The van der Waals surface area contributed by atoms with Crippen LogP contribution in [-0.4, -0.2) is 9.97 Å². The first kappa shape index (κ1) is 12.8. The molecule has 1 aromatic heterocycles. The van der Waals surface area contributed by atoms with Crippen LogP contribution in [0, 0.1) is 6.92 Å². The van der Waals surface area contributed by atoms with E-state index in [1.807, 2.05) is 25.1 Å². The Hall–Kier alpha value is -0.650. The number of hydrogen-bond acceptors (Lipinski definition) is 3. The maximum absolute atomic E-state index is 5.71. The number of rotatable bonds is 2. The van der Waals surface area contributed by atoms with Gasteiger partial charge in [-0.1, -0.05) is 6.07 Å². The Labute approximate surface area is 120 Å². The zero-order chi connectivity index (χ0) is 12.4. The van der Waals surface area contributed by atoms with Gasteiger partial charge in [0.15, 0.2) is 0 Å². The Balaban J connectivity index is 2.34. The first-order valence-corrected chi connectivity index (χ1v) is 6.64. The summed E-state index contributed by atoms with van der Waals surface area (Å²) in [6.45, 7) is 2.01. The van der Waals surface area contributed by atoms with Crippen molar-refractivity contribution in [1.29, 1.82) is 0 Å². The third-order valence-electron chi connectivity index (χ3n) is 1.98. The van der Waals surface area contributed by atoms with Crippen LogP contribution < -0.4 is 4.74 Å². The van der Waals surface area contributed by atoms with E-state index in [0.717, 1.165) is 10.0 Å². The monoisotopic (exact) mass is 376 g/mol. The van der Waals surface area contributed by atoms with Crippen LogP contribution in [0.5, 0.6) is 11.6 Å². The average Bonchev–Trinajstić information content (AvgIpc) is 2.27. The van der Waals surface area contributed by atoms with Gasteiger partial charge in [0.1, 0.15) is 5.75 Å². The van der Waals surface area contributed by atoms with E-state index in [0.29, 0.717) is 16.1 Å². The van der Waals surface area contributed by atoms with Gasteiger partial charge in [-0.05, 0) is 68.1 Å². The van der Waals surface area contributed by atoms with Crippen LogP contribution in [0.15, 0.2) is 33.3 Å². The predicted octanol–water partition coefficient (Wildman–Crippen LogP) is 4.76. The van der Waals surface area contributed by atoms with Crippen molar-refractivity contribution in [3.63, 3.8) is 0 Å². The number of benzene rings is 1. The zero-order valence-electron chi connectivity index (χ0n) is 8.75. The van der Waals surface area contributed by atoms with Crippen LogP contribution in [-0.2, 0) is 0 Å². The molecular weight excluding hydrogens is 371 g/mol. The molecule has 0 amide bonds. The summed E-state index contributed by atoms with van der Waals surface area (Å²) in [5.74, 6) is 1.06. The molecule has 3 nitrogen and oxygen atoms in total. The van der Waals surface area contributed by atoms with Crippen molar-refractivity contribution >= 4 is 43.5 Å². The zero-order valence-corrected chi connectivity index (χ0v) is 12.7. The van der Waals surface area contributed by atoms with E-state index >= 15 is 0 Å². The van der Waals surface area contributed by atoms with Crippen LogP contribution >= 0.6 is 43.5 Å². The van der Waals surface area contributed by atoms with E-state index in [1.54, 1.807) is 6.20 Å². The summed E-state index contributed by atoms with van der Waals surface area (Å²) in [5.41, 5.74) is 1.14. The van der Waals surface area contributed by atoms with E-state index in [9.17, 15) is 0 Å². The molecule has 0 aliphatic rings. The fourth-order valence-electron chi connectivity index (χ4n) is 1.20. The molecule has 2 rings (SSSR count). The number of aromatic nitrogens is 2. The van der Waals surface area contributed by atoms with Gasteiger partial charge in [0.25, 0.3) is 0 Å². The maximum Gasteiger partial charge on any atom is 0.238 e. The van der Waals surface area contributed by atoms with Gasteiger partial charge in [0, 0.05) is 6.20 Å². The van der Waals surface area contributed by atoms with Crippen LogP contribution in [0.1, 0.15) is 5.56 Å². The van der Waals surface area contributed by atoms with Gasteiger partial charge in [0.2, 0.25) is 11.2 Å². The van der Waals surface area contributed by atoms with Crippen molar-refractivity contribution < 1.29 is 4.74 Å².